The lowest BCUT2D eigenvalue weighted by Crippen LogP contribution is -2.16. The van der Waals surface area contributed by atoms with Crippen LogP contribution in [0, 0.1) is 0 Å². The van der Waals surface area contributed by atoms with Gasteiger partial charge in [-0.05, 0) is 0 Å². The zero-order valence-electron chi connectivity index (χ0n) is 6.80. The van der Waals surface area contributed by atoms with Crippen LogP contribution in [0.3, 0.4) is 0 Å². The van der Waals surface area contributed by atoms with Crippen LogP contribution in [0.25, 0.3) is 0 Å². The highest BCUT2D eigenvalue weighted by molar-refractivity contribution is 6.29. The zero-order valence-corrected chi connectivity index (χ0v) is 7.55. The summed E-state index contributed by atoms with van der Waals surface area (Å²) in [7, 11) is 0. The first-order chi connectivity index (χ1) is 5.00. The molecule has 0 aromatic carbocycles. The molecule has 1 aromatic heterocycles. The van der Waals surface area contributed by atoms with Crippen molar-refractivity contribution in [2.45, 2.75) is 26.2 Å². The van der Waals surface area contributed by atoms with Crippen molar-refractivity contribution in [2.24, 2.45) is 0 Å². The Bertz CT molecular complexity index is 254. The summed E-state index contributed by atoms with van der Waals surface area (Å²) < 4.78 is 0. The molecule has 1 aromatic rings. The molecule has 1 heterocycles. The molecule has 11 heavy (non-hydrogen) atoms. The van der Waals surface area contributed by atoms with E-state index in [0.717, 1.165) is 0 Å². The van der Waals surface area contributed by atoms with E-state index in [2.05, 4.69) is 15.2 Å². The van der Waals surface area contributed by atoms with Gasteiger partial charge in [0.2, 0.25) is 0 Å². The second kappa shape index (κ2) is 2.74. The van der Waals surface area contributed by atoms with Crippen molar-refractivity contribution in [1.29, 1.82) is 0 Å². The molecule has 0 aliphatic heterocycles. The third-order valence-electron chi connectivity index (χ3n) is 1.20. The van der Waals surface area contributed by atoms with Gasteiger partial charge in [0.25, 0.3) is 0 Å². The minimum Gasteiger partial charge on any atom is -0.217 e. The van der Waals surface area contributed by atoms with Crippen molar-refractivity contribution in [1.82, 2.24) is 15.2 Å². The fraction of sp³-hybridized carbons (Fsp3) is 0.571. The van der Waals surface area contributed by atoms with Crippen LogP contribution in [-0.4, -0.2) is 15.2 Å². The largest absolute Gasteiger partial charge is 0.217 e. The van der Waals surface area contributed by atoms with Gasteiger partial charge in [0, 0.05) is 5.41 Å². The van der Waals surface area contributed by atoms with E-state index in [-0.39, 0.29) is 5.41 Å². The fourth-order valence-corrected chi connectivity index (χ4v) is 0.725. The highest BCUT2D eigenvalue weighted by Gasteiger charge is 2.17. The van der Waals surface area contributed by atoms with E-state index in [1.165, 1.54) is 6.20 Å². The Morgan fingerprint density at radius 2 is 2.00 bits per heavy atom. The van der Waals surface area contributed by atoms with Gasteiger partial charge in [-0.2, -0.15) is 5.10 Å². The van der Waals surface area contributed by atoms with Gasteiger partial charge < -0.3 is 0 Å². The average molecular weight is 172 g/mol. The third kappa shape index (κ3) is 2.12. The monoisotopic (exact) mass is 171 g/mol. The molecule has 0 unspecified atom stereocenters. The van der Waals surface area contributed by atoms with E-state index in [4.69, 9.17) is 11.6 Å². The lowest BCUT2D eigenvalue weighted by atomic mass is 9.96. The van der Waals surface area contributed by atoms with E-state index in [1.807, 2.05) is 20.8 Å². The average Bonchev–Trinajstić information content (AvgIpc) is 1.86. The normalized spacial score (nSPS) is 11.6. The van der Waals surface area contributed by atoms with Crippen LogP contribution in [0.2, 0.25) is 5.15 Å². The molecule has 0 aliphatic carbocycles. The molecule has 0 fully saturated rings. The number of hydrogen-bond donors (Lipinski definition) is 0. The molecule has 0 bridgehead atoms. The molecule has 0 amide bonds. The predicted octanol–water partition coefficient (Wildman–Crippen LogP) is 1.82. The van der Waals surface area contributed by atoms with Gasteiger partial charge in [-0.15, -0.1) is 5.10 Å². The van der Waals surface area contributed by atoms with Gasteiger partial charge in [0.05, 0.1) is 6.20 Å². The molecule has 1 rings (SSSR count). The first-order valence-corrected chi connectivity index (χ1v) is 3.73. The Morgan fingerprint density at radius 3 is 2.36 bits per heavy atom. The minimum absolute atomic E-state index is 0.0854. The molecule has 0 saturated heterocycles. The predicted molar refractivity (Wildman–Crippen MR) is 43.5 cm³/mol. The van der Waals surface area contributed by atoms with Gasteiger partial charge in [0.15, 0.2) is 11.0 Å². The Labute approximate surface area is 70.8 Å². The van der Waals surface area contributed by atoms with Crippen LogP contribution >= 0.6 is 11.6 Å². The molecule has 0 atom stereocenters. The first kappa shape index (κ1) is 8.40. The SMILES string of the molecule is CC(C)(C)c1nncc(Cl)n1. The fourth-order valence-electron chi connectivity index (χ4n) is 0.601. The number of nitrogens with zero attached hydrogens (tertiary/aromatic N) is 3. The summed E-state index contributed by atoms with van der Waals surface area (Å²) in [4.78, 5) is 4.04. The second-order valence-electron chi connectivity index (χ2n) is 3.35. The Morgan fingerprint density at radius 1 is 1.36 bits per heavy atom. The zero-order chi connectivity index (χ0) is 8.48. The minimum atomic E-state index is -0.0854. The van der Waals surface area contributed by atoms with Gasteiger partial charge in [0.1, 0.15) is 0 Å². The number of aromatic nitrogens is 3. The van der Waals surface area contributed by atoms with E-state index >= 15 is 0 Å². The molecule has 0 radical (unpaired) electrons. The van der Waals surface area contributed by atoms with Crippen LogP contribution in [-0.2, 0) is 5.41 Å². The summed E-state index contributed by atoms with van der Waals surface area (Å²) >= 11 is 5.64. The summed E-state index contributed by atoms with van der Waals surface area (Å²) in [6.07, 6.45) is 1.43. The summed E-state index contributed by atoms with van der Waals surface area (Å²) in [5.74, 6) is 0.671. The van der Waals surface area contributed by atoms with Crippen molar-refractivity contribution >= 4 is 11.6 Å². The van der Waals surface area contributed by atoms with E-state index < -0.39 is 0 Å². The van der Waals surface area contributed by atoms with Gasteiger partial charge in [-0.1, -0.05) is 32.4 Å². The molecule has 60 valence electrons. The molecule has 4 heteroatoms. The second-order valence-corrected chi connectivity index (χ2v) is 3.74. The maximum Gasteiger partial charge on any atom is 0.157 e. The molecular weight excluding hydrogens is 162 g/mol. The highest BCUT2D eigenvalue weighted by atomic mass is 35.5. The molecule has 0 N–H and O–H groups in total. The summed E-state index contributed by atoms with van der Waals surface area (Å²) in [6, 6.07) is 0. The molecular formula is C7H10ClN3. The van der Waals surface area contributed by atoms with Crippen molar-refractivity contribution in [3.05, 3.63) is 17.2 Å². The van der Waals surface area contributed by atoms with Crippen molar-refractivity contribution in [3.63, 3.8) is 0 Å². The molecule has 0 aliphatic rings. The maximum atomic E-state index is 5.64. The number of halogens is 1. The summed E-state index contributed by atoms with van der Waals surface area (Å²) in [6.45, 7) is 6.04. The van der Waals surface area contributed by atoms with Crippen LogP contribution < -0.4 is 0 Å². The van der Waals surface area contributed by atoms with Crippen LogP contribution in [0.1, 0.15) is 26.6 Å². The van der Waals surface area contributed by atoms with E-state index in [0.29, 0.717) is 11.0 Å². The summed E-state index contributed by atoms with van der Waals surface area (Å²) in [5.41, 5.74) is -0.0854. The topological polar surface area (TPSA) is 38.7 Å². The third-order valence-corrected chi connectivity index (χ3v) is 1.38. The van der Waals surface area contributed by atoms with Crippen LogP contribution in [0.15, 0.2) is 6.20 Å². The van der Waals surface area contributed by atoms with Gasteiger partial charge in [-0.3, -0.25) is 0 Å². The van der Waals surface area contributed by atoms with Crippen molar-refractivity contribution < 1.29 is 0 Å². The van der Waals surface area contributed by atoms with E-state index in [9.17, 15) is 0 Å². The lowest BCUT2D eigenvalue weighted by Gasteiger charge is -2.14. The molecule has 0 spiro atoms. The number of hydrogen-bond acceptors (Lipinski definition) is 3. The standard InChI is InChI=1S/C7H10ClN3/c1-7(2,3)6-10-5(8)4-9-11-6/h4H,1-3H3. The Hall–Kier alpha value is -0.700. The first-order valence-electron chi connectivity index (χ1n) is 3.36. The lowest BCUT2D eigenvalue weighted by molar-refractivity contribution is 0.533. The quantitative estimate of drug-likeness (QED) is 0.598. The van der Waals surface area contributed by atoms with Crippen LogP contribution in [0.4, 0.5) is 0 Å². The summed E-state index contributed by atoms with van der Waals surface area (Å²) in [5, 5.41) is 7.96. The van der Waals surface area contributed by atoms with Crippen LogP contribution in [0.5, 0.6) is 0 Å². The number of rotatable bonds is 0. The van der Waals surface area contributed by atoms with Crippen molar-refractivity contribution in [2.75, 3.05) is 0 Å². The van der Waals surface area contributed by atoms with Gasteiger partial charge >= 0.3 is 0 Å². The Balaban J connectivity index is 3.06. The van der Waals surface area contributed by atoms with Gasteiger partial charge in [-0.25, -0.2) is 4.98 Å². The van der Waals surface area contributed by atoms with E-state index in [1.54, 1.807) is 0 Å². The molecule has 0 saturated carbocycles. The van der Waals surface area contributed by atoms with Crippen molar-refractivity contribution in [3.8, 4) is 0 Å². The highest BCUT2D eigenvalue weighted by Crippen LogP contribution is 2.17. The Kier molecular flexibility index (Phi) is 2.09. The smallest absolute Gasteiger partial charge is 0.157 e. The molecule has 3 nitrogen and oxygen atoms in total. The maximum absolute atomic E-state index is 5.64.